The van der Waals surface area contributed by atoms with Crippen molar-refractivity contribution >= 4 is 58.9 Å². The Kier molecular flexibility index (Phi) is 5.43. The molecule has 0 atom stereocenters. The van der Waals surface area contributed by atoms with E-state index in [0.29, 0.717) is 20.3 Å². The summed E-state index contributed by atoms with van der Waals surface area (Å²) in [4.78, 5) is -0.00656. The highest BCUT2D eigenvalue weighted by Gasteiger charge is 2.13. The fourth-order valence-electron chi connectivity index (χ4n) is 1.54. The van der Waals surface area contributed by atoms with Crippen LogP contribution in [0, 0.1) is 0 Å². The quantitative estimate of drug-likeness (QED) is 0.621. The molecule has 0 N–H and O–H groups in total. The van der Waals surface area contributed by atoms with Crippen LogP contribution in [0.15, 0.2) is 45.8 Å². The molecule has 0 fully saturated rings. The molecule has 0 saturated carbocycles. The highest BCUT2D eigenvalue weighted by atomic mass is 79.9. The number of benzene rings is 2. The van der Waals surface area contributed by atoms with Crippen molar-refractivity contribution in [2.24, 2.45) is 0 Å². The number of halogens is 4. The Morgan fingerprint density at radius 2 is 1.81 bits per heavy atom. The Hall–Kier alpha value is -0.460. The molecule has 2 aromatic rings. The van der Waals surface area contributed by atoms with Gasteiger partial charge >= 0.3 is 0 Å². The van der Waals surface area contributed by atoms with Crippen LogP contribution in [-0.2, 0) is 15.7 Å². The normalized spacial score (nSPS) is 11.4. The van der Waals surface area contributed by atoms with Crippen molar-refractivity contribution in [1.82, 2.24) is 0 Å². The molecule has 0 heterocycles. The highest BCUT2D eigenvalue weighted by molar-refractivity contribution is 9.10. The number of hydrogen-bond acceptors (Lipinski definition) is 3. The van der Waals surface area contributed by atoms with E-state index in [1.165, 1.54) is 18.2 Å². The van der Waals surface area contributed by atoms with Crippen molar-refractivity contribution < 1.29 is 13.2 Å². The highest BCUT2D eigenvalue weighted by Crippen LogP contribution is 2.30. The van der Waals surface area contributed by atoms with Crippen molar-refractivity contribution in [1.29, 1.82) is 0 Å². The molecule has 21 heavy (non-hydrogen) atoms. The Morgan fingerprint density at radius 3 is 2.38 bits per heavy atom. The molecule has 0 unspecified atom stereocenters. The molecule has 0 saturated heterocycles. The SMILES string of the molecule is O=S(=O)(Cl)c1ccc(OCc2ccc(Cl)cc2Cl)c(Br)c1. The smallest absolute Gasteiger partial charge is 0.261 e. The van der Waals surface area contributed by atoms with E-state index >= 15 is 0 Å². The summed E-state index contributed by atoms with van der Waals surface area (Å²) in [6.45, 7) is 0.224. The minimum atomic E-state index is -3.77. The molecule has 0 aromatic heterocycles. The van der Waals surface area contributed by atoms with E-state index < -0.39 is 9.05 Å². The Labute approximate surface area is 145 Å². The fraction of sp³-hybridized carbons (Fsp3) is 0.0769. The summed E-state index contributed by atoms with van der Waals surface area (Å²) in [7, 11) is 1.50. The lowest BCUT2D eigenvalue weighted by Crippen LogP contribution is -1.98. The van der Waals surface area contributed by atoms with Crippen LogP contribution in [0.1, 0.15) is 5.56 Å². The molecule has 0 aliphatic carbocycles. The van der Waals surface area contributed by atoms with Crippen LogP contribution < -0.4 is 4.74 Å². The Bertz CT molecular complexity index is 778. The van der Waals surface area contributed by atoms with Gasteiger partial charge in [0.1, 0.15) is 12.4 Å². The molecule has 112 valence electrons. The van der Waals surface area contributed by atoms with Gasteiger partial charge in [0.2, 0.25) is 0 Å². The minimum absolute atomic E-state index is 0.00656. The predicted molar refractivity (Wildman–Crippen MR) is 88.0 cm³/mol. The average Bonchev–Trinajstić information content (AvgIpc) is 2.38. The Balaban J connectivity index is 2.17. The largest absolute Gasteiger partial charge is 0.488 e. The second-order valence-corrected chi connectivity index (χ2v) is 8.32. The van der Waals surface area contributed by atoms with Gasteiger partial charge in [-0.1, -0.05) is 29.3 Å². The third-order valence-corrected chi connectivity index (χ3v) is 5.14. The molecule has 2 rings (SSSR count). The number of hydrogen-bond donors (Lipinski definition) is 0. The van der Waals surface area contributed by atoms with Crippen LogP contribution in [0.5, 0.6) is 5.75 Å². The molecule has 3 nitrogen and oxygen atoms in total. The van der Waals surface area contributed by atoms with Gasteiger partial charge in [-0.2, -0.15) is 0 Å². The van der Waals surface area contributed by atoms with Gasteiger partial charge in [-0.05, 0) is 46.3 Å². The predicted octanol–water partition coefficient (Wildman–Crippen LogP) is 5.26. The minimum Gasteiger partial charge on any atom is -0.488 e. The van der Waals surface area contributed by atoms with Crippen LogP contribution in [-0.4, -0.2) is 8.42 Å². The van der Waals surface area contributed by atoms with Crippen molar-refractivity contribution in [3.05, 3.63) is 56.5 Å². The van der Waals surface area contributed by atoms with E-state index in [0.717, 1.165) is 5.56 Å². The number of ether oxygens (including phenoxy) is 1. The van der Waals surface area contributed by atoms with E-state index in [4.69, 9.17) is 38.6 Å². The van der Waals surface area contributed by atoms with E-state index in [9.17, 15) is 8.42 Å². The lowest BCUT2D eigenvalue weighted by molar-refractivity contribution is 0.304. The summed E-state index contributed by atoms with van der Waals surface area (Å²) in [5.41, 5.74) is 0.766. The summed E-state index contributed by atoms with van der Waals surface area (Å²) in [5.74, 6) is 0.477. The van der Waals surface area contributed by atoms with Crippen LogP contribution >= 0.6 is 49.8 Å². The molecular formula is C13H8BrCl3O3S. The van der Waals surface area contributed by atoms with Crippen LogP contribution in [0.2, 0.25) is 10.0 Å². The fourth-order valence-corrected chi connectivity index (χ4v) is 3.43. The summed E-state index contributed by atoms with van der Waals surface area (Å²) < 4.78 is 28.5. The summed E-state index contributed by atoms with van der Waals surface area (Å²) in [6, 6.07) is 9.36. The first kappa shape index (κ1) is 16.9. The zero-order valence-corrected chi connectivity index (χ0v) is 15.0. The second kappa shape index (κ2) is 6.75. The van der Waals surface area contributed by atoms with E-state index in [-0.39, 0.29) is 11.5 Å². The molecule has 0 amide bonds. The van der Waals surface area contributed by atoms with Crippen LogP contribution in [0.25, 0.3) is 0 Å². The van der Waals surface area contributed by atoms with E-state index in [1.54, 1.807) is 18.2 Å². The van der Waals surface area contributed by atoms with Crippen LogP contribution in [0.4, 0.5) is 0 Å². The lowest BCUT2D eigenvalue weighted by atomic mass is 10.2. The maximum absolute atomic E-state index is 11.2. The van der Waals surface area contributed by atoms with Gasteiger partial charge in [-0.15, -0.1) is 0 Å². The number of rotatable bonds is 4. The summed E-state index contributed by atoms with van der Waals surface area (Å²) in [5, 5.41) is 1.04. The van der Waals surface area contributed by atoms with Gasteiger partial charge < -0.3 is 4.74 Å². The third kappa shape index (κ3) is 4.50. The average molecular weight is 431 g/mol. The molecule has 0 spiro atoms. The zero-order chi connectivity index (χ0) is 15.6. The third-order valence-electron chi connectivity index (χ3n) is 2.58. The summed E-state index contributed by atoms with van der Waals surface area (Å²) >= 11 is 15.1. The molecule has 0 aliphatic rings. The monoisotopic (exact) mass is 428 g/mol. The Morgan fingerprint density at radius 1 is 1.10 bits per heavy atom. The molecule has 0 bridgehead atoms. The first-order chi connectivity index (χ1) is 9.77. The van der Waals surface area contributed by atoms with E-state index in [1.807, 2.05) is 0 Å². The first-order valence-electron chi connectivity index (χ1n) is 5.58. The van der Waals surface area contributed by atoms with Crippen LogP contribution in [0.3, 0.4) is 0 Å². The maximum atomic E-state index is 11.2. The second-order valence-electron chi connectivity index (χ2n) is 4.05. The van der Waals surface area contributed by atoms with Crippen molar-refractivity contribution in [2.75, 3.05) is 0 Å². The van der Waals surface area contributed by atoms with E-state index in [2.05, 4.69) is 15.9 Å². The zero-order valence-electron chi connectivity index (χ0n) is 10.3. The topological polar surface area (TPSA) is 43.4 Å². The van der Waals surface area contributed by atoms with Gasteiger partial charge in [0.25, 0.3) is 9.05 Å². The van der Waals surface area contributed by atoms with Gasteiger partial charge in [0.15, 0.2) is 0 Å². The van der Waals surface area contributed by atoms with Gasteiger partial charge in [0, 0.05) is 26.3 Å². The van der Waals surface area contributed by atoms with Gasteiger partial charge in [0.05, 0.1) is 9.37 Å². The molecule has 2 aromatic carbocycles. The first-order valence-corrected chi connectivity index (χ1v) is 9.44. The molecule has 0 aliphatic heterocycles. The summed E-state index contributed by atoms with van der Waals surface area (Å²) in [6.07, 6.45) is 0. The lowest BCUT2D eigenvalue weighted by Gasteiger charge is -2.10. The van der Waals surface area contributed by atoms with Gasteiger partial charge in [-0.25, -0.2) is 8.42 Å². The van der Waals surface area contributed by atoms with Crippen molar-refractivity contribution in [3.8, 4) is 5.75 Å². The van der Waals surface area contributed by atoms with Crippen molar-refractivity contribution in [2.45, 2.75) is 11.5 Å². The molecule has 8 heteroatoms. The standard InChI is InChI=1S/C13H8BrCl3O3S/c14-11-6-10(21(17,18)19)3-4-13(11)20-7-8-1-2-9(15)5-12(8)16/h1-6H,7H2. The van der Waals surface area contributed by atoms with Gasteiger partial charge in [-0.3, -0.25) is 0 Å². The molecule has 0 radical (unpaired) electrons. The maximum Gasteiger partial charge on any atom is 0.261 e. The molecular weight excluding hydrogens is 422 g/mol. The van der Waals surface area contributed by atoms with Crippen molar-refractivity contribution in [3.63, 3.8) is 0 Å².